The van der Waals surface area contributed by atoms with Crippen molar-refractivity contribution in [2.75, 3.05) is 6.61 Å². The molecular weight excluding hydrogens is 206 g/mol. The summed E-state index contributed by atoms with van der Waals surface area (Å²) in [5.41, 5.74) is 7.16. The fraction of sp³-hybridized carbons (Fsp3) is 0.417. The molecule has 0 aliphatic heterocycles. The Bertz CT molecular complexity index is 377. The third-order valence-corrected chi connectivity index (χ3v) is 2.36. The maximum atomic E-state index is 11.2. The van der Waals surface area contributed by atoms with E-state index in [2.05, 4.69) is 0 Å². The molecule has 16 heavy (non-hydrogen) atoms. The van der Waals surface area contributed by atoms with Gasteiger partial charge < -0.3 is 15.6 Å². The van der Waals surface area contributed by atoms with E-state index in [1.807, 2.05) is 0 Å². The number of nitrogens with two attached hydrogens (primary N) is 1. The van der Waals surface area contributed by atoms with Crippen molar-refractivity contribution < 1.29 is 14.6 Å². The predicted octanol–water partition coefficient (Wildman–Crippen LogP) is 1.65. The molecule has 0 unspecified atom stereocenters. The van der Waals surface area contributed by atoms with Crippen LogP contribution in [0, 0.1) is 6.92 Å². The lowest BCUT2D eigenvalue weighted by atomic mass is 10.0. The highest BCUT2D eigenvalue weighted by Gasteiger charge is 2.16. The van der Waals surface area contributed by atoms with Crippen LogP contribution in [0.3, 0.4) is 0 Å². The van der Waals surface area contributed by atoms with Gasteiger partial charge in [0.05, 0.1) is 13.0 Å². The van der Waals surface area contributed by atoms with Crippen LogP contribution < -0.4 is 5.73 Å². The van der Waals surface area contributed by atoms with E-state index in [1.54, 1.807) is 32.0 Å². The Labute approximate surface area is 95.0 Å². The molecule has 0 spiro atoms. The maximum Gasteiger partial charge on any atom is 0.307 e. The van der Waals surface area contributed by atoms with Crippen LogP contribution >= 0.6 is 0 Å². The van der Waals surface area contributed by atoms with Gasteiger partial charge in [-0.05, 0) is 19.4 Å². The first-order chi connectivity index (χ1) is 7.56. The second-order valence-corrected chi connectivity index (χ2v) is 3.63. The Hall–Kier alpha value is -1.55. The first-order valence-electron chi connectivity index (χ1n) is 5.26. The third kappa shape index (κ3) is 2.97. The van der Waals surface area contributed by atoms with Crippen LogP contribution in [-0.2, 0) is 9.53 Å². The molecule has 1 rings (SSSR count). The molecule has 0 saturated carbocycles. The summed E-state index contributed by atoms with van der Waals surface area (Å²) in [6.07, 6.45) is 0.0743. The highest BCUT2D eigenvalue weighted by Crippen LogP contribution is 2.27. The lowest BCUT2D eigenvalue weighted by Crippen LogP contribution is -2.17. The first-order valence-corrected chi connectivity index (χ1v) is 5.26. The van der Waals surface area contributed by atoms with E-state index in [9.17, 15) is 9.90 Å². The first kappa shape index (κ1) is 12.5. The fourth-order valence-corrected chi connectivity index (χ4v) is 1.49. The number of aryl methyl sites for hydroxylation is 1. The van der Waals surface area contributed by atoms with Crippen LogP contribution in [0.25, 0.3) is 0 Å². The highest BCUT2D eigenvalue weighted by atomic mass is 16.5. The molecule has 0 saturated heterocycles. The summed E-state index contributed by atoms with van der Waals surface area (Å²) < 4.78 is 4.80. The number of carbonyl (C=O) groups excluding carboxylic acids is 1. The normalized spacial score (nSPS) is 12.2. The van der Waals surface area contributed by atoms with E-state index in [4.69, 9.17) is 10.5 Å². The minimum absolute atomic E-state index is 0.0743. The van der Waals surface area contributed by atoms with E-state index in [0.29, 0.717) is 12.2 Å². The number of ether oxygens (including phenoxy) is 1. The number of esters is 1. The number of benzene rings is 1. The van der Waals surface area contributed by atoms with Gasteiger partial charge in [0.15, 0.2) is 0 Å². The minimum Gasteiger partial charge on any atom is -0.507 e. The van der Waals surface area contributed by atoms with Gasteiger partial charge in [0.25, 0.3) is 0 Å². The zero-order chi connectivity index (χ0) is 12.1. The second-order valence-electron chi connectivity index (χ2n) is 3.63. The molecule has 3 N–H and O–H groups in total. The largest absolute Gasteiger partial charge is 0.507 e. The number of phenolic OH excluding ortho intramolecular Hbond substituents is 1. The molecule has 0 radical (unpaired) electrons. The quantitative estimate of drug-likeness (QED) is 0.761. The Morgan fingerprint density at radius 2 is 2.25 bits per heavy atom. The van der Waals surface area contributed by atoms with Gasteiger partial charge in [0, 0.05) is 11.6 Å². The number of aromatic hydroxyl groups is 1. The van der Waals surface area contributed by atoms with Crippen LogP contribution in [0.5, 0.6) is 5.75 Å². The molecule has 88 valence electrons. The average molecular weight is 223 g/mol. The van der Waals surface area contributed by atoms with Crippen LogP contribution in [0.15, 0.2) is 18.2 Å². The molecule has 1 aromatic carbocycles. The highest BCUT2D eigenvalue weighted by molar-refractivity contribution is 5.70. The number of hydrogen-bond acceptors (Lipinski definition) is 4. The summed E-state index contributed by atoms with van der Waals surface area (Å²) in [6.45, 7) is 3.87. The van der Waals surface area contributed by atoms with Crippen molar-refractivity contribution in [2.24, 2.45) is 5.73 Å². The molecule has 1 atom stereocenters. The van der Waals surface area contributed by atoms with E-state index in [-0.39, 0.29) is 18.1 Å². The van der Waals surface area contributed by atoms with Crippen LogP contribution in [-0.4, -0.2) is 17.7 Å². The number of rotatable bonds is 4. The molecule has 4 nitrogen and oxygen atoms in total. The van der Waals surface area contributed by atoms with Gasteiger partial charge in [-0.15, -0.1) is 0 Å². The predicted molar refractivity (Wildman–Crippen MR) is 61.0 cm³/mol. The van der Waals surface area contributed by atoms with Crippen LogP contribution in [0.4, 0.5) is 0 Å². The molecule has 0 amide bonds. The summed E-state index contributed by atoms with van der Waals surface area (Å²) in [7, 11) is 0. The SMILES string of the molecule is CCOC(=O)C[C@@H](N)c1cccc(C)c1O. The van der Waals surface area contributed by atoms with E-state index in [1.165, 1.54) is 0 Å². The van der Waals surface area contributed by atoms with Crippen molar-refractivity contribution in [3.63, 3.8) is 0 Å². The summed E-state index contributed by atoms with van der Waals surface area (Å²) in [4.78, 5) is 11.2. The van der Waals surface area contributed by atoms with E-state index >= 15 is 0 Å². The van der Waals surface area contributed by atoms with Crippen molar-refractivity contribution in [1.82, 2.24) is 0 Å². The van der Waals surface area contributed by atoms with Crippen molar-refractivity contribution in [2.45, 2.75) is 26.3 Å². The maximum absolute atomic E-state index is 11.2. The third-order valence-electron chi connectivity index (χ3n) is 2.36. The Morgan fingerprint density at radius 1 is 1.56 bits per heavy atom. The van der Waals surface area contributed by atoms with Gasteiger partial charge in [0.1, 0.15) is 5.75 Å². The summed E-state index contributed by atoms with van der Waals surface area (Å²) in [5.74, 6) is -0.199. The molecule has 0 aliphatic rings. The fourth-order valence-electron chi connectivity index (χ4n) is 1.49. The molecule has 1 aromatic rings. The molecule has 0 bridgehead atoms. The Kier molecular flexibility index (Phi) is 4.31. The Morgan fingerprint density at radius 3 is 2.88 bits per heavy atom. The summed E-state index contributed by atoms with van der Waals surface area (Å²) >= 11 is 0. The van der Waals surface area contributed by atoms with Gasteiger partial charge in [-0.3, -0.25) is 4.79 Å². The number of para-hydroxylation sites is 1. The zero-order valence-electron chi connectivity index (χ0n) is 9.56. The smallest absolute Gasteiger partial charge is 0.307 e. The molecule has 0 aromatic heterocycles. The Balaban J connectivity index is 2.76. The van der Waals surface area contributed by atoms with Gasteiger partial charge in [-0.2, -0.15) is 0 Å². The van der Waals surface area contributed by atoms with Crippen molar-refractivity contribution in [3.05, 3.63) is 29.3 Å². The topological polar surface area (TPSA) is 72.5 Å². The van der Waals surface area contributed by atoms with Crippen molar-refractivity contribution in [3.8, 4) is 5.75 Å². The van der Waals surface area contributed by atoms with Gasteiger partial charge >= 0.3 is 5.97 Å². The van der Waals surface area contributed by atoms with E-state index in [0.717, 1.165) is 5.56 Å². The number of carbonyl (C=O) groups is 1. The molecule has 0 heterocycles. The zero-order valence-corrected chi connectivity index (χ0v) is 9.56. The van der Waals surface area contributed by atoms with Gasteiger partial charge in [-0.1, -0.05) is 18.2 Å². The molecule has 0 fully saturated rings. The lowest BCUT2D eigenvalue weighted by molar-refractivity contribution is -0.143. The lowest BCUT2D eigenvalue weighted by Gasteiger charge is -2.14. The van der Waals surface area contributed by atoms with E-state index < -0.39 is 6.04 Å². The second kappa shape index (κ2) is 5.51. The monoisotopic (exact) mass is 223 g/mol. The average Bonchev–Trinajstić information content (AvgIpc) is 2.22. The van der Waals surface area contributed by atoms with Crippen LogP contribution in [0.1, 0.15) is 30.5 Å². The molecule has 0 aliphatic carbocycles. The molecule has 4 heteroatoms. The standard InChI is InChI=1S/C12H17NO3/c1-3-16-11(14)7-10(13)9-6-4-5-8(2)12(9)15/h4-6,10,15H,3,7,13H2,1-2H3/t10-/m1/s1. The van der Waals surface area contributed by atoms with Gasteiger partial charge in [0.2, 0.25) is 0 Å². The van der Waals surface area contributed by atoms with Crippen molar-refractivity contribution in [1.29, 1.82) is 0 Å². The molecular formula is C12H17NO3. The van der Waals surface area contributed by atoms with Gasteiger partial charge in [-0.25, -0.2) is 0 Å². The summed E-state index contributed by atoms with van der Waals surface area (Å²) in [6, 6.07) is 4.77. The van der Waals surface area contributed by atoms with Crippen molar-refractivity contribution >= 4 is 5.97 Å². The minimum atomic E-state index is -0.529. The number of phenols is 1. The summed E-state index contributed by atoms with van der Waals surface area (Å²) in [5, 5.41) is 9.78. The number of hydrogen-bond donors (Lipinski definition) is 2. The van der Waals surface area contributed by atoms with Crippen LogP contribution in [0.2, 0.25) is 0 Å².